The number of fused-ring (bicyclic) bond motifs is 1. The van der Waals surface area contributed by atoms with Crippen LogP contribution in [0.2, 0.25) is 5.02 Å². The first-order valence-corrected chi connectivity index (χ1v) is 6.76. The summed E-state index contributed by atoms with van der Waals surface area (Å²) >= 11 is 5.93. The van der Waals surface area contributed by atoms with Crippen molar-refractivity contribution in [2.24, 2.45) is 0 Å². The van der Waals surface area contributed by atoms with Gasteiger partial charge < -0.3 is 4.40 Å². The first kappa shape index (κ1) is 12.9. The van der Waals surface area contributed by atoms with E-state index in [-0.39, 0.29) is 5.78 Å². The average molecular weight is 285 g/mol. The van der Waals surface area contributed by atoms with Crippen LogP contribution in [0.3, 0.4) is 0 Å². The van der Waals surface area contributed by atoms with E-state index in [0.29, 0.717) is 17.9 Å². The standard InChI is InChI=1S/C16H13ClN2O/c17-13-4-1-3-12(7-13)8-16(20)9-14-5-2-6-15-10-18-11-19(14)15/h1-7,10-11H,8-9H2. The number of aromatic nitrogens is 2. The molecule has 0 amide bonds. The van der Waals surface area contributed by atoms with Crippen molar-refractivity contribution in [3.05, 3.63) is 71.3 Å². The van der Waals surface area contributed by atoms with Crippen molar-refractivity contribution in [3.63, 3.8) is 0 Å². The number of nitrogens with zero attached hydrogens (tertiary/aromatic N) is 2. The van der Waals surface area contributed by atoms with E-state index in [1.807, 2.05) is 46.9 Å². The Bertz CT molecular complexity index is 764. The Morgan fingerprint density at radius 2 is 2.00 bits per heavy atom. The molecular weight excluding hydrogens is 272 g/mol. The minimum Gasteiger partial charge on any atom is -0.303 e. The number of pyridine rings is 1. The zero-order valence-corrected chi connectivity index (χ0v) is 11.5. The highest BCUT2D eigenvalue weighted by Crippen LogP contribution is 2.13. The van der Waals surface area contributed by atoms with Crippen LogP contribution in [0.4, 0.5) is 0 Å². The second-order valence-corrected chi connectivity index (χ2v) is 5.16. The van der Waals surface area contributed by atoms with Gasteiger partial charge in [-0.3, -0.25) is 4.79 Å². The lowest BCUT2D eigenvalue weighted by molar-refractivity contribution is -0.117. The molecule has 3 rings (SSSR count). The van der Waals surface area contributed by atoms with Gasteiger partial charge in [-0.2, -0.15) is 0 Å². The molecule has 0 aliphatic carbocycles. The van der Waals surface area contributed by atoms with Crippen LogP contribution in [-0.4, -0.2) is 15.2 Å². The molecule has 0 saturated carbocycles. The Balaban J connectivity index is 1.77. The van der Waals surface area contributed by atoms with E-state index in [1.54, 1.807) is 12.5 Å². The summed E-state index contributed by atoms with van der Waals surface area (Å²) in [6, 6.07) is 13.3. The topological polar surface area (TPSA) is 34.4 Å². The van der Waals surface area contributed by atoms with Gasteiger partial charge in [-0.1, -0.05) is 29.8 Å². The van der Waals surface area contributed by atoms with Crippen LogP contribution in [0, 0.1) is 0 Å². The average Bonchev–Trinajstić information content (AvgIpc) is 2.88. The summed E-state index contributed by atoms with van der Waals surface area (Å²) in [5, 5.41) is 0.659. The molecule has 3 nitrogen and oxygen atoms in total. The van der Waals surface area contributed by atoms with Crippen LogP contribution >= 0.6 is 11.6 Å². The zero-order valence-electron chi connectivity index (χ0n) is 10.8. The number of carbonyl (C=O) groups excluding carboxylic acids is 1. The quantitative estimate of drug-likeness (QED) is 0.736. The monoisotopic (exact) mass is 284 g/mol. The van der Waals surface area contributed by atoms with E-state index in [9.17, 15) is 4.79 Å². The number of rotatable bonds is 4. The summed E-state index contributed by atoms with van der Waals surface area (Å²) in [5.74, 6) is 0.161. The van der Waals surface area contributed by atoms with Crippen molar-refractivity contribution in [1.29, 1.82) is 0 Å². The van der Waals surface area contributed by atoms with Gasteiger partial charge in [0.2, 0.25) is 0 Å². The molecule has 3 aromatic rings. The number of hydrogen-bond acceptors (Lipinski definition) is 2. The van der Waals surface area contributed by atoms with Crippen LogP contribution in [0.5, 0.6) is 0 Å². The van der Waals surface area contributed by atoms with Crippen LogP contribution in [0.1, 0.15) is 11.3 Å². The summed E-state index contributed by atoms with van der Waals surface area (Å²) in [4.78, 5) is 16.3. The molecule has 0 unspecified atom stereocenters. The normalized spacial score (nSPS) is 10.8. The van der Waals surface area contributed by atoms with Crippen molar-refractivity contribution >= 4 is 22.9 Å². The van der Waals surface area contributed by atoms with E-state index in [4.69, 9.17) is 11.6 Å². The molecule has 0 aliphatic rings. The molecule has 2 heterocycles. The molecule has 0 atom stereocenters. The first-order chi connectivity index (χ1) is 9.72. The molecule has 0 N–H and O–H groups in total. The van der Waals surface area contributed by atoms with Crippen molar-refractivity contribution in [2.45, 2.75) is 12.8 Å². The largest absolute Gasteiger partial charge is 0.303 e. The zero-order chi connectivity index (χ0) is 13.9. The van der Waals surface area contributed by atoms with Gasteiger partial charge in [0.05, 0.1) is 18.0 Å². The lowest BCUT2D eigenvalue weighted by atomic mass is 10.1. The smallest absolute Gasteiger partial charge is 0.143 e. The molecule has 0 aliphatic heterocycles. The Hall–Kier alpha value is -2.13. The second-order valence-electron chi connectivity index (χ2n) is 4.73. The Morgan fingerprint density at radius 1 is 1.15 bits per heavy atom. The number of Topliss-reactive ketones (excluding diaryl/α,β-unsaturated/α-hetero) is 1. The van der Waals surface area contributed by atoms with Gasteiger partial charge >= 0.3 is 0 Å². The molecular formula is C16H13ClN2O. The summed E-state index contributed by atoms with van der Waals surface area (Å²) in [6.07, 6.45) is 4.30. The molecule has 0 bridgehead atoms. The van der Waals surface area contributed by atoms with Crippen LogP contribution in [0.25, 0.3) is 5.52 Å². The molecule has 20 heavy (non-hydrogen) atoms. The fourth-order valence-electron chi connectivity index (χ4n) is 2.29. The predicted octanol–water partition coefficient (Wildman–Crippen LogP) is 3.34. The highest BCUT2D eigenvalue weighted by atomic mass is 35.5. The maximum Gasteiger partial charge on any atom is 0.143 e. The van der Waals surface area contributed by atoms with Gasteiger partial charge in [0.1, 0.15) is 5.78 Å². The maximum atomic E-state index is 12.2. The SMILES string of the molecule is O=C(Cc1cccc(Cl)c1)Cc1cccc2cncn12. The number of imidazole rings is 1. The summed E-state index contributed by atoms with van der Waals surface area (Å²) in [5.41, 5.74) is 2.89. The predicted molar refractivity (Wildman–Crippen MR) is 79.1 cm³/mol. The first-order valence-electron chi connectivity index (χ1n) is 6.38. The molecule has 100 valence electrons. The third-order valence-corrected chi connectivity index (χ3v) is 3.44. The Kier molecular flexibility index (Phi) is 3.52. The van der Waals surface area contributed by atoms with Crippen LogP contribution in [0.15, 0.2) is 55.0 Å². The molecule has 2 aromatic heterocycles. The Morgan fingerprint density at radius 3 is 2.85 bits per heavy atom. The second kappa shape index (κ2) is 5.47. The van der Waals surface area contributed by atoms with Crippen molar-refractivity contribution < 1.29 is 4.79 Å². The third-order valence-electron chi connectivity index (χ3n) is 3.20. The van der Waals surface area contributed by atoms with E-state index < -0.39 is 0 Å². The molecule has 4 heteroatoms. The van der Waals surface area contributed by atoms with Gasteiger partial charge in [-0.25, -0.2) is 4.98 Å². The van der Waals surface area contributed by atoms with E-state index in [0.717, 1.165) is 16.8 Å². The number of benzene rings is 1. The van der Waals surface area contributed by atoms with E-state index in [1.165, 1.54) is 0 Å². The van der Waals surface area contributed by atoms with Gasteiger partial charge in [-0.15, -0.1) is 0 Å². The number of carbonyl (C=O) groups is 1. The Labute approximate surface area is 121 Å². The minimum absolute atomic E-state index is 0.161. The van der Waals surface area contributed by atoms with Gasteiger partial charge in [0, 0.05) is 23.6 Å². The lowest BCUT2D eigenvalue weighted by Gasteiger charge is -2.05. The van der Waals surface area contributed by atoms with Crippen LogP contribution in [-0.2, 0) is 17.6 Å². The molecule has 0 fully saturated rings. The minimum atomic E-state index is 0.161. The summed E-state index contributed by atoms with van der Waals surface area (Å²) in [7, 11) is 0. The van der Waals surface area contributed by atoms with Gasteiger partial charge in [-0.05, 0) is 29.8 Å². The van der Waals surface area contributed by atoms with Gasteiger partial charge in [0.25, 0.3) is 0 Å². The van der Waals surface area contributed by atoms with Gasteiger partial charge in [0.15, 0.2) is 0 Å². The van der Waals surface area contributed by atoms with Crippen molar-refractivity contribution in [1.82, 2.24) is 9.38 Å². The van der Waals surface area contributed by atoms with E-state index >= 15 is 0 Å². The van der Waals surface area contributed by atoms with E-state index in [2.05, 4.69) is 4.98 Å². The highest BCUT2D eigenvalue weighted by molar-refractivity contribution is 6.30. The molecule has 0 radical (unpaired) electrons. The fourth-order valence-corrected chi connectivity index (χ4v) is 2.50. The maximum absolute atomic E-state index is 12.2. The van der Waals surface area contributed by atoms with Crippen molar-refractivity contribution in [2.75, 3.05) is 0 Å². The number of hydrogen-bond donors (Lipinski definition) is 0. The fraction of sp³-hybridized carbons (Fsp3) is 0.125. The number of halogens is 1. The molecule has 1 aromatic carbocycles. The highest BCUT2D eigenvalue weighted by Gasteiger charge is 2.08. The third kappa shape index (κ3) is 2.73. The molecule has 0 spiro atoms. The lowest BCUT2D eigenvalue weighted by Crippen LogP contribution is -2.09. The summed E-state index contributed by atoms with van der Waals surface area (Å²) < 4.78 is 1.94. The van der Waals surface area contributed by atoms with Crippen LogP contribution < -0.4 is 0 Å². The molecule has 0 saturated heterocycles. The van der Waals surface area contributed by atoms with Crippen molar-refractivity contribution in [3.8, 4) is 0 Å². The summed E-state index contributed by atoms with van der Waals surface area (Å²) in [6.45, 7) is 0. The number of ketones is 1.